The van der Waals surface area contributed by atoms with Crippen molar-refractivity contribution in [3.8, 4) is 0 Å². The predicted molar refractivity (Wildman–Crippen MR) is 90.5 cm³/mol. The number of aryl methyl sites for hydroxylation is 1. The lowest BCUT2D eigenvalue weighted by molar-refractivity contribution is -0.149. The Bertz CT molecular complexity index is 560. The number of thiol groups is 1. The summed E-state index contributed by atoms with van der Waals surface area (Å²) in [6, 6.07) is 7.19. The van der Waals surface area contributed by atoms with Gasteiger partial charge in [0, 0.05) is 24.6 Å². The highest BCUT2D eigenvalue weighted by Crippen LogP contribution is 2.24. The van der Waals surface area contributed by atoms with Crippen LogP contribution < -0.4 is 0 Å². The molecule has 1 N–H and O–H groups in total. The van der Waals surface area contributed by atoms with Crippen molar-refractivity contribution in [2.45, 2.75) is 39.0 Å². The van der Waals surface area contributed by atoms with Crippen molar-refractivity contribution >= 4 is 24.5 Å². The van der Waals surface area contributed by atoms with E-state index in [1.54, 1.807) is 6.92 Å². The van der Waals surface area contributed by atoms with Crippen LogP contribution in [0, 0.1) is 12.8 Å². The molecule has 0 spiro atoms. The molecule has 0 radical (unpaired) electrons. The van der Waals surface area contributed by atoms with Crippen molar-refractivity contribution in [2.75, 3.05) is 12.3 Å². The number of likely N-dealkylation sites (tertiary alicyclic amines) is 1. The van der Waals surface area contributed by atoms with Gasteiger partial charge in [-0.2, -0.15) is 12.6 Å². The number of nitrogens with zero attached hydrogens (tertiary/aromatic N) is 1. The molecule has 1 amide bonds. The van der Waals surface area contributed by atoms with Crippen LogP contribution in [0.4, 0.5) is 0 Å². The number of carbonyl (C=O) groups excluding carboxylic acids is 1. The molecule has 1 heterocycles. The molecule has 1 aliphatic heterocycles. The third-order valence-corrected chi connectivity index (χ3v) is 4.68. The Morgan fingerprint density at radius 1 is 1.39 bits per heavy atom. The van der Waals surface area contributed by atoms with E-state index in [1.807, 2.05) is 31.2 Å². The quantitative estimate of drug-likeness (QED) is 0.781. The molecule has 1 unspecified atom stereocenters. The normalized spacial score (nSPS) is 22.1. The SMILES string of the molecule is Cc1ccc(CO[C@H]2C[C@@H](C(=O)O)N(C(=O)C(C)CS)C2)cc1. The van der Waals surface area contributed by atoms with Crippen LogP contribution in [0.25, 0.3) is 0 Å². The first-order chi connectivity index (χ1) is 10.9. The minimum absolute atomic E-state index is 0.172. The number of carboxylic acids is 1. The smallest absolute Gasteiger partial charge is 0.326 e. The van der Waals surface area contributed by atoms with Gasteiger partial charge in [0.15, 0.2) is 0 Å². The highest BCUT2D eigenvalue weighted by Gasteiger charge is 2.41. The highest BCUT2D eigenvalue weighted by atomic mass is 32.1. The molecule has 1 aromatic rings. The maximum atomic E-state index is 12.3. The number of hydrogen-bond acceptors (Lipinski definition) is 4. The Morgan fingerprint density at radius 2 is 2.04 bits per heavy atom. The summed E-state index contributed by atoms with van der Waals surface area (Å²) in [4.78, 5) is 25.1. The third-order valence-electron chi connectivity index (χ3n) is 4.13. The molecule has 1 aliphatic rings. The molecular formula is C17H23NO4S. The van der Waals surface area contributed by atoms with Crippen LogP contribution >= 0.6 is 12.6 Å². The number of hydrogen-bond donors (Lipinski definition) is 2. The first-order valence-electron chi connectivity index (χ1n) is 7.73. The average Bonchev–Trinajstić information content (AvgIpc) is 2.97. The van der Waals surface area contributed by atoms with E-state index in [2.05, 4.69) is 12.6 Å². The number of carbonyl (C=O) groups is 2. The molecule has 5 nitrogen and oxygen atoms in total. The van der Waals surface area contributed by atoms with Gasteiger partial charge in [-0.25, -0.2) is 4.79 Å². The molecule has 1 aromatic carbocycles. The lowest BCUT2D eigenvalue weighted by Crippen LogP contribution is -2.43. The Labute approximate surface area is 142 Å². The fourth-order valence-electron chi connectivity index (χ4n) is 2.66. The monoisotopic (exact) mass is 337 g/mol. The molecular weight excluding hydrogens is 314 g/mol. The van der Waals surface area contributed by atoms with Gasteiger partial charge in [0.2, 0.25) is 5.91 Å². The summed E-state index contributed by atoms with van der Waals surface area (Å²) in [5, 5.41) is 9.35. The second kappa shape index (κ2) is 7.84. The molecule has 0 aromatic heterocycles. The molecule has 6 heteroatoms. The Balaban J connectivity index is 1.98. The van der Waals surface area contributed by atoms with Crippen LogP contribution in [0.2, 0.25) is 0 Å². The standard InChI is InChI=1S/C17H23NO4S/c1-11-3-5-13(6-4-11)9-22-14-7-15(17(20)21)18(8-14)16(19)12(2)10-23/h3-6,12,14-15,23H,7-10H2,1-2H3,(H,20,21)/t12?,14-,15-/m0/s1. The number of rotatable bonds is 6. The van der Waals surface area contributed by atoms with E-state index in [0.717, 1.165) is 5.56 Å². The summed E-state index contributed by atoms with van der Waals surface area (Å²) in [5.74, 6) is -1.05. The Kier molecular flexibility index (Phi) is 6.07. The van der Waals surface area contributed by atoms with Gasteiger partial charge in [-0.15, -0.1) is 0 Å². The first-order valence-corrected chi connectivity index (χ1v) is 8.37. The Morgan fingerprint density at radius 3 is 2.61 bits per heavy atom. The van der Waals surface area contributed by atoms with Gasteiger partial charge in [-0.05, 0) is 12.5 Å². The van der Waals surface area contributed by atoms with Crippen LogP contribution in [0.5, 0.6) is 0 Å². The lowest BCUT2D eigenvalue weighted by atomic mass is 10.1. The zero-order valence-corrected chi connectivity index (χ0v) is 14.3. The zero-order chi connectivity index (χ0) is 17.0. The minimum atomic E-state index is -0.980. The van der Waals surface area contributed by atoms with Gasteiger partial charge >= 0.3 is 5.97 Å². The molecule has 23 heavy (non-hydrogen) atoms. The number of carboxylic acid groups (broad SMARTS) is 1. The second-order valence-corrected chi connectivity index (χ2v) is 6.45. The maximum Gasteiger partial charge on any atom is 0.326 e. The summed E-state index contributed by atoms with van der Waals surface area (Å²) in [6.45, 7) is 4.51. The zero-order valence-electron chi connectivity index (χ0n) is 13.4. The van der Waals surface area contributed by atoms with E-state index in [4.69, 9.17) is 4.74 Å². The lowest BCUT2D eigenvalue weighted by Gasteiger charge is -2.24. The molecule has 1 saturated heterocycles. The van der Waals surface area contributed by atoms with E-state index in [1.165, 1.54) is 10.5 Å². The largest absolute Gasteiger partial charge is 0.480 e. The molecule has 0 bridgehead atoms. The molecule has 2 rings (SSSR count). The molecule has 3 atom stereocenters. The van der Waals surface area contributed by atoms with Crippen LogP contribution in [0.15, 0.2) is 24.3 Å². The van der Waals surface area contributed by atoms with E-state index in [-0.39, 0.29) is 17.9 Å². The van der Waals surface area contributed by atoms with Gasteiger partial charge in [-0.3, -0.25) is 4.79 Å². The van der Waals surface area contributed by atoms with Gasteiger partial charge in [0.1, 0.15) is 6.04 Å². The molecule has 1 fully saturated rings. The summed E-state index contributed by atoms with van der Waals surface area (Å²) < 4.78 is 5.83. The summed E-state index contributed by atoms with van der Waals surface area (Å²) in [7, 11) is 0. The van der Waals surface area contributed by atoms with Crippen LogP contribution in [0.3, 0.4) is 0 Å². The fraction of sp³-hybridized carbons (Fsp3) is 0.529. The van der Waals surface area contributed by atoms with E-state index >= 15 is 0 Å². The van der Waals surface area contributed by atoms with Gasteiger partial charge in [0.05, 0.1) is 12.7 Å². The second-order valence-electron chi connectivity index (χ2n) is 6.08. The summed E-state index contributed by atoms with van der Waals surface area (Å²) in [5.41, 5.74) is 2.22. The van der Waals surface area contributed by atoms with Crippen molar-refractivity contribution < 1.29 is 19.4 Å². The topological polar surface area (TPSA) is 66.8 Å². The number of benzene rings is 1. The van der Waals surface area contributed by atoms with Crippen LogP contribution in [-0.4, -0.2) is 46.3 Å². The van der Waals surface area contributed by atoms with Gasteiger partial charge in [0.25, 0.3) is 0 Å². The molecule has 126 valence electrons. The van der Waals surface area contributed by atoms with Crippen molar-refractivity contribution in [2.24, 2.45) is 5.92 Å². The minimum Gasteiger partial charge on any atom is -0.480 e. The van der Waals surface area contributed by atoms with E-state index in [9.17, 15) is 14.7 Å². The number of amides is 1. The van der Waals surface area contributed by atoms with Crippen LogP contribution in [-0.2, 0) is 20.9 Å². The molecule has 0 aliphatic carbocycles. The third kappa shape index (κ3) is 4.48. The summed E-state index contributed by atoms with van der Waals surface area (Å²) >= 11 is 4.12. The highest BCUT2D eigenvalue weighted by molar-refractivity contribution is 7.80. The maximum absolute atomic E-state index is 12.3. The average molecular weight is 337 g/mol. The fourth-order valence-corrected chi connectivity index (χ4v) is 2.81. The molecule has 0 saturated carbocycles. The Hall–Kier alpha value is -1.53. The van der Waals surface area contributed by atoms with Crippen LogP contribution in [0.1, 0.15) is 24.5 Å². The summed E-state index contributed by atoms with van der Waals surface area (Å²) in [6.07, 6.45) is 0.0696. The predicted octanol–water partition coefficient (Wildman–Crippen LogP) is 2.13. The van der Waals surface area contributed by atoms with Crippen molar-refractivity contribution in [3.05, 3.63) is 35.4 Å². The van der Waals surface area contributed by atoms with E-state index < -0.39 is 12.0 Å². The van der Waals surface area contributed by atoms with Gasteiger partial charge in [-0.1, -0.05) is 36.8 Å². The first kappa shape index (κ1) is 17.8. The number of ether oxygens (including phenoxy) is 1. The van der Waals surface area contributed by atoms with Crippen molar-refractivity contribution in [1.82, 2.24) is 4.90 Å². The van der Waals surface area contributed by atoms with Gasteiger partial charge < -0.3 is 14.7 Å². The number of aliphatic carboxylic acids is 1. The van der Waals surface area contributed by atoms with Crippen molar-refractivity contribution in [3.63, 3.8) is 0 Å². The van der Waals surface area contributed by atoms with E-state index in [0.29, 0.717) is 25.3 Å². The van der Waals surface area contributed by atoms with Crippen molar-refractivity contribution in [1.29, 1.82) is 0 Å².